The first-order valence-corrected chi connectivity index (χ1v) is 10.7. The predicted octanol–water partition coefficient (Wildman–Crippen LogP) is 4.35. The minimum Gasteiger partial charge on any atom is -0.322 e. The molecular formula is C23H24N4O2S. The first kappa shape index (κ1) is 20.2. The Morgan fingerprint density at radius 1 is 1.13 bits per heavy atom. The molecule has 1 aromatic heterocycles. The Balaban J connectivity index is 1.60. The van der Waals surface area contributed by atoms with Crippen molar-refractivity contribution in [2.24, 2.45) is 0 Å². The van der Waals surface area contributed by atoms with E-state index in [9.17, 15) is 9.59 Å². The highest BCUT2D eigenvalue weighted by molar-refractivity contribution is 7.99. The first-order valence-electron chi connectivity index (χ1n) is 9.76. The fourth-order valence-corrected chi connectivity index (χ4v) is 4.46. The van der Waals surface area contributed by atoms with Crippen LogP contribution >= 0.6 is 11.8 Å². The molecule has 0 aliphatic carbocycles. The summed E-state index contributed by atoms with van der Waals surface area (Å²) in [5.41, 5.74) is 3.73. The summed E-state index contributed by atoms with van der Waals surface area (Å²) >= 11 is 1.37. The zero-order chi connectivity index (χ0) is 21.5. The van der Waals surface area contributed by atoms with Crippen molar-refractivity contribution in [2.75, 3.05) is 16.0 Å². The van der Waals surface area contributed by atoms with Gasteiger partial charge in [-0.2, -0.15) is 0 Å². The smallest absolute Gasteiger partial charge is 0.250 e. The number of para-hydroxylation sites is 2. The van der Waals surface area contributed by atoms with E-state index in [4.69, 9.17) is 0 Å². The van der Waals surface area contributed by atoms with Gasteiger partial charge in [-0.05, 0) is 57.0 Å². The van der Waals surface area contributed by atoms with Crippen LogP contribution in [0, 0.1) is 13.8 Å². The molecule has 0 bridgehead atoms. The molecule has 4 rings (SSSR count). The van der Waals surface area contributed by atoms with Crippen LogP contribution in [0.5, 0.6) is 0 Å². The van der Waals surface area contributed by atoms with Crippen LogP contribution in [0.1, 0.15) is 25.0 Å². The Morgan fingerprint density at radius 2 is 1.90 bits per heavy atom. The van der Waals surface area contributed by atoms with Crippen LogP contribution in [0.25, 0.3) is 5.69 Å². The maximum Gasteiger partial charge on any atom is 0.250 e. The summed E-state index contributed by atoms with van der Waals surface area (Å²) in [5, 5.41) is 3.63. The molecule has 0 spiro atoms. The number of thioether (sulfide) groups is 1. The lowest BCUT2D eigenvalue weighted by Gasteiger charge is -2.42. The minimum atomic E-state index is -0.978. The minimum absolute atomic E-state index is 0.136. The Hall–Kier alpha value is -3.06. The molecular weight excluding hydrogens is 396 g/mol. The number of benzene rings is 2. The third kappa shape index (κ3) is 3.50. The van der Waals surface area contributed by atoms with Gasteiger partial charge in [0.1, 0.15) is 5.54 Å². The number of hydrogen-bond donors (Lipinski definition) is 1. The van der Waals surface area contributed by atoms with Crippen LogP contribution in [0.3, 0.4) is 0 Å². The van der Waals surface area contributed by atoms with Gasteiger partial charge in [0.2, 0.25) is 11.8 Å². The van der Waals surface area contributed by atoms with Gasteiger partial charge in [-0.25, -0.2) is 4.98 Å². The summed E-state index contributed by atoms with van der Waals surface area (Å²) in [6.07, 6.45) is 3.64. The number of aryl methyl sites for hydroxylation is 2. The summed E-state index contributed by atoms with van der Waals surface area (Å²) in [7, 11) is 0. The molecule has 0 saturated carbocycles. The Morgan fingerprint density at radius 3 is 2.70 bits per heavy atom. The molecule has 6 nitrogen and oxygen atoms in total. The molecule has 7 heteroatoms. The maximum atomic E-state index is 13.3. The second-order valence-electron chi connectivity index (χ2n) is 7.92. The second kappa shape index (κ2) is 7.65. The average molecular weight is 421 g/mol. The van der Waals surface area contributed by atoms with Crippen molar-refractivity contribution < 1.29 is 9.59 Å². The Bertz CT molecular complexity index is 1140. The number of nitrogens with one attached hydrogen (secondary N) is 1. The van der Waals surface area contributed by atoms with Gasteiger partial charge in [0, 0.05) is 12.4 Å². The molecule has 0 atom stereocenters. The van der Waals surface area contributed by atoms with Crippen LogP contribution in [0.15, 0.2) is 60.0 Å². The van der Waals surface area contributed by atoms with Gasteiger partial charge in [0.25, 0.3) is 0 Å². The van der Waals surface area contributed by atoms with Crippen molar-refractivity contribution in [1.82, 2.24) is 9.55 Å². The van der Waals surface area contributed by atoms with Gasteiger partial charge in [-0.15, -0.1) is 0 Å². The van der Waals surface area contributed by atoms with E-state index < -0.39 is 5.54 Å². The zero-order valence-electron chi connectivity index (χ0n) is 17.5. The first-order chi connectivity index (χ1) is 14.3. The largest absolute Gasteiger partial charge is 0.322 e. The van der Waals surface area contributed by atoms with Crippen LogP contribution < -0.4 is 10.2 Å². The number of rotatable bonds is 4. The fraction of sp³-hybridized carbons (Fsp3) is 0.261. The zero-order valence-corrected chi connectivity index (χ0v) is 18.3. The normalized spacial score (nSPS) is 14.9. The van der Waals surface area contributed by atoms with Gasteiger partial charge in [0.15, 0.2) is 5.16 Å². The molecule has 0 unspecified atom stereocenters. The van der Waals surface area contributed by atoms with Crippen molar-refractivity contribution in [3.8, 4) is 5.69 Å². The third-order valence-electron chi connectivity index (χ3n) is 5.31. The van der Waals surface area contributed by atoms with E-state index in [-0.39, 0.29) is 17.6 Å². The van der Waals surface area contributed by atoms with E-state index in [1.54, 1.807) is 24.9 Å². The van der Waals surface area contributed by atoms with Crippen LogP contribution in [0.2, 0.25) is 0 Å². The van der Waals surface area contributed by atoms with Crippen molar-refractivity contribution in [1.29, 1.82) is 0 Å². The lowest BCUT2D eigenvalue weighted by molar-refractivity contribution is -0.125. The van der Waals surface area contributed by atoms with E-state index in [1.165, 1.54) is 11.8 Å². The highest BCUT2D eigenvalue weighted by Gasteiger charge is 2.43. The molecule has 154 valence electrons. The maximum absolute atomic E-state index is 13.3. The third-order valence-corrected chi connectivity index (χ3v) is 6.26. The van der Waals surface area contributed by atoms with Crippen molar-refractivity contribution >= 4 is 35.0 Å². The topological polar surface area (TPSA) is 67.2 Å². The molecule has 2 amide bonds. The van der Waals surface area contributed by atoms with Crippen molar-refractivity contribution in [2.45, 2.75) is 38.4 Å². The van der Waals surface area contributed by atoms with E-state index in [0.717, 1.165) is 22.0 Å². The van der Waals surface area contributed by atoms with Crippen molar-refractivity contribution in [3.63, 3.8) is 0 Å². The molecule has 1 N–H and O–H groups in total. The molecule has 3 aromatic rings. The van der Waals surface area contributed by atoms with Crippen LogP contribution in [-0.4, -0.2) is 32.7 Å². The molecule has 30 heavy (non-hydrogen) atoms. The molecule has 2 heterocycles. The van der Waals surface area contributed by atoms with Gasteiger partial charge < -0.3 is 5.32 Å². The molecule has 0 radical (unpaired) electrons. The average Bonchev–Trinajstić information content (AvgIpc) is 3.17. The summed E-state index contributed by atoms with van der Waals surface area (Å²) in [6, 6.07) is 13.6. The lowest BCUT2D eigenvalue weighted by atomic mass is 9.96. The van der Waals surface area contributed by atoms with Gasteiger partial charge >= 0.3 is 0 Å². The molecule has 0 saturated heterocycles. The van der Waals surface area contributed by atoms with Crippen LogP contribution in [-0.2, 0) is 9.59 Å². The van der Waals surface area contributed by atoms with E-state index >= 15 is 0 Å². The fourth-order valence-electron chi connectivity index (χ4n) is 3.65. The number of carbonyl (C=O) groups is 2. The van der Waals surface area contributed by atoms with E-state index in [2.05, 4.69) is 42.3 Å². The Kier molecular flexibility index (Phi) is 5.15. The van der Waals surface area contributed by atoms with E-state index in [0.29, 0.717) is 11.4 Å². The van der Waals surface area contributed by atoms with Crippen molar-refractivity contribution in [3.05, 3.63) is 66.0 Å². The second-order valence-corrected chi connectivity index (χ2v) is 8.86. The van der Waals surface area contributed by atoms with E-state index in [1.807, 2.05) is 35.0 Å². The quantitative estimate of drug-likeness (QED) is 0.638. The summed E-state index contributed by atoms with van der Waals surface area (Å²) < 4.78 is 2.00. The number of anilines is 2. The molecule has 1 aliphatic heterocycles. The molecule has 2 aromatic carbocycles. The summed E-state index contributed by atoms with van der Waals surface area (Å²) in [6.45, 7) is 7.63. The summed E-state index contributed by atoms with van der Waals surface area (Å²) in [5.74, 6) is -0.160. The number of nitrogens with zero attached hydrogens (tertiary/aromatic N) is 3. The number of hydrogen-bond acceptors (Lipinski definition) is 4. The molecule has 1 aliphatic rings. The standard InChI is InChI=1S/C23H24N4O2S/c1-15-9-10-16(2)19(13-15)26-12-11-24-22(26)30-14-20(28)27-18-8-6-5-7-17(18)25-21(29)23(27,3)4/h5-13H,14H2,1-4H3,(H,25,29). The van der Waals surface area contributed by atoms with Gasteiger partial charge in [-0.1, -0.05) is 36.0 Å². The Labute approximate surface area is 180 Å². The number of amides is 2. The number of fused-ring (bicyclic) bond motifs is 1. The number of carbonyl (C=O) groups excluding carboxylic acids is 2. The highest BCUT2D eigenvalue weighted by Crippen LogP contribution is 2.37. The number of imidazole rings is 1. The lowest BCUT2D eigenvalue weighted by Crippen LogP contribution is -2.59. The van der Waals surface area contributed by atoms with Gasteiger partial charge in [0.05, 0.1) is 22.8 Å². The SMILES string of the molecule is Cc1ccc(C)c(-n2ccnc2SCC(=O)N2c3ccccc3NC(=O)C2(C)C)c1. The predicted molar refractivity (Wildman–Crippen MR) is 120 cm³/mol. The van der Waals surface area contributed by atoms with Crippen LogP contribution in [0.4, 0.5) is 11.4 Å². The van der Waals surface area contributed by atoms with Gasteiger partial charge in [-0.3, -0.25) is 19.1 Å². The summed E-state index contributed by atoms with van der Waals surface area (Å²) in [4.78, 5) is 31.9. The number of aromatic nitrogens is 2. The highest BCUT2D eigenvalue weighted by atomic mass is 32.2. The monoisotopic (exact) mass is 420 g/mol. The molecule has 0 fully saturated rings.